The van der Waals surface area contributed by atoms with Gasteiger partial charge in [-0.25, -0.2) is 14.0 Å². The van der Waals surface area contributed by atoms with Gasteiger partial charge in [0.15, 0.2) is 0 Å². The summed E-state index contributed by atoms with van der Waals surface area (Å²) in [5.41, 5.74) is -6.28. The highest BCUT2D eigenvalue weighted by atomic mass is 19.4. The molecule has 1 atom stereocenters. The van der Waals surface area contributed by atoms with Crippen LogP contribution in [-0.2, 0) is 14.3 Å². The van der Waals surface area contributed by atoms with Crippen molar-refractivity contribution < 1.29 is 49.4 Å². The van der Waals surface area contributed by atoms with Crippen LogP contribution >= 0.6 is 0 Å². The van der Waals surface area contributed by atoms with E-state index in [1.165, 1.54) is 0 Å². The minimum absolute atomic E-state index is 2.68. The third kappa shape index (κ3) is 1.33. The van der Waals surface area contributed by atoms with Crippen LogP contribution in [0.1, 0.15) is 0 Å². The average molecular weight is 272 g/mol. The molecule has 0 saturated carbocycles. The van der Waals surface area contributed by atoms with Gasteiger partial charge in [-0.05, 0) is 0 Å². The van der Waals surface area contributed by atoms with Crippen LogP contribution in [0.3, 0.4) is 0 Å². The third-order valence-electron chi connectivity index (χ3n) is 1.94. The molecule has 0 aliphatic carbocycles. The molecular weight excluding hydrogens is 272 g/mol. The Morgan fingerprint density at radius 1 is 0.882 bits per heavy atom. The second kappa shape index (κ2) is 3.07. The van der Waals surface area contributed by atoms with Crippen molar-refractivity contribution in [1.29, 1.82) is 0 Å². The maximum absolute atomic E-state index is 12.9. The van der Waals surface area contributed by atoms with Crippen LogP contribution in [0, 0.1) is 0 Å². The normalized spacial score (nSPS) is 32.2. The van der Waals surface area contributed by atoms with Gasteiger partial charge in [-0.15, -0.1) is 0 Å². The summed E-state index contributed by atoms with van der Waals surface area (Å²) in [5, 5.41) is 0. The Balaban J connectivity index is 3.51. The first-order valence-corrected chi connectivity index (χ1v) is 3.58. The van der Waals surface area contributed by atoms with E-state index < -0.39 is 35.6 Å². The summed E-state index contributed by atoms with van der Waals surface area (Å²) in [4.78, 5) is 20.5. The van der Waals surface area contributed by atoms with Crippen molar-refractivity contribution in [3.05, 3.63) is 0 Å². The summed E-state index contributed by atoms with van der Waals surface area (Å²) in [7, 11) is 0. The second-order valence-corrected chi connectivity index (χ2v) is 2.98. The molecule has 1 unspecified atom stereocenters. The molecule has 1 fully saturated rings. The fourth-order valence-corrected chi connectivity index (χ4v) is 0.985. The predicted molar refractivity (Wildman–Crippen MR) is 30.9 cm³/mol. The lowest BCUT2D eigenvalue weighted by atomic mass is 9.89. The molecule has 0 aromatic heterocycles. The summed E-state index contributed by atoms with van der Waals surface area (Å²) in [5.74, 6) is -19.4. The van der Waals surface area contributed by atoms with E-state index in [2.05, 4.69) is 4.74 Å². The zero-order chi connectivity index (χ0) is 13.9. The smallest absolute Gasteiger partial charge is 0.386 e. The van der Waals surface area contributed by atoms with Crippen LogP contribution in [0.2, 0.25) is 0 Å². The first-order valence-electron chi connectivity index (χ1n) is 3.58. The van der Waals surface area contributed by atoms with Gasteiger partial charge < -0.3 is 4.74 Å². The highest BCUT2D eigenvalue weighted by Crippen LogP contribution is 2.55. The molecule has 1 saturated heterocycles. The van der Waals surface area contributed by atoms with Crippen LogP contribution in [0.4, 0.5) is 35.1 Å². The van der Waals surface area contributed by atoms with Crippen molar-refractivity contribution in [3.63, 3.8) is 0 Å². The molecule has 0 aromatic rings. The van der Waals surface area contributed by atoms with Crippen molar-refractivity contribution in [3.8, 4) is 0 Å². The van der Waals surface area contributed by atoms with Crippen molar-refractivity contribution in [2.75, 3.05) is 0 Å². The maximum atomic E-state index is 12.9. The first kappa shape index (κ1) is 13.6. The van der Waals surface area contributed by atoms with E-state index in [9.17, 15) is 44.7 Å². The number of hydrogen-bond donors (Lipinski definition) is 0. The number of carbonyl (C=O) groups excluding carboxylic acids is 2. The van der Waals surface area contributed by atoms with E-state index in [-0.39, 0.29) is 0 Å². The molecule has 1 heterocycles. The summed E-state index contributed by atoms with van der Waals surface area (Å²) >= 11 is 0. The predicted octanol–water partition coefficient (Wildman–Crippen LogP) is 1.61. The van der Waals surface area contributed by atoms with Crippen molar-refractivity contribution >= 4 is 11.9 Å². The van der Waals surface area contributed by atoms with Crippen molar-refractivity contribution in [2.45, 2.75) is 23.7 Å². The van der Waals surface area contributed by atoms with Gasteiger partial charge in [0.05, 0.1) is 0 Å². The van der Waals surface area contributed by atoms with Gasteiger partial charge in [0.2, 0.25) is 0 Å². The second-order valence-electron chi connectivity index (χ2n) is 2.98. The van der Waals surface area contributed by atoms with Crippen molar-refractivity contribution in [2.24, 2.45) is 0 Å². The highest BCUT2D eigenvalue weighted by molar-refractivity contribution is 5.99. The Hall–Kier alpha value is -1.42. The monoisotopic (exact) mass is 272 g/mol. The topological polar surface area (TPSA) is 43.4 Å². The fourth-order valence-electron chi connectivity index (χ4n) is 0.985. The molecule has 17 heavy (non-hydrogen) atoms. The van der Waals surface area contributed by atoms with E-state index in [4.69, 9.17) is 0 Å². The highest BCUT2D eigenvalue weighted by Gasteiger charge is 2.89. The first-order chi connectivity index (χ1) is 7.30. The number of esters is 2. The van der Waals surface area contributed by atoms with Crippen LogP contribution < -0.4 is 0 Å². The number of cyclic esters (lactones) is 2. The molecule has 0 N–H and O–H groups in total. The van der Waals surface area contributed by atoms with Crippen LogP contribution in [-0.4, -0.2) is 35.6 Å². The van der Waals surface area contributed by atoms with Crippen LogP contribution in [0.25, 0.3) is 0 Å². The molecular formula is C6F8O3. The zero-order valence-corrected chi connectivity index (χ0v) is 7.25. The number of ether oxygens (including phenoxy) is 1. The van der Waals surface area contributed by atoms with E-state index >= 15 is 0 Å². The van der Waals surface area contributed by atoms with Crippen molar-refractivity contribution in [1.82, 2.24) is 0 Å². The van der Waals surface area contributed by atoms with E-state index in [1.54, 1.807) is 0 Å². The number of carbonyl (C=O) groups is 2. The zero-order valence-electron chi connectivity index (χ0n) is 7.25. The molecule has 98 valence electrons. The summed E-state index contributed by atoms with van der Waals surface area (Å²) in [6.45, 7) is 0. The summed E-state index contributed by atoms with van der Waals surface area (Å²) in [6.07, 6.45) is -6.67. The van der Waals surface area contributed by atoms with Gasteiger partial charge in [0, 0.05) is 0 Å². The fraction of sp³-hybridized carbons (Fsp3) is 0.667. The molecule has 0 aromatic carbocycles. The third-order valence-corrected chi connectivity index (χ3v) is 1.94. The molecule has 0 amide bonds. The maximum Gasteiger partial charge on any atom is 0.440 e. The van der Waals surface area contributed by atoms with E-state index in [1.807, 2.05) is 0 Å². The lowest BCUT2D eigenvalue weighted by Gasteiger charge is -2.38. The lowest BCUT2D eigenvalue weighted by molar-refractivity contribution is -0.351. The Morgan fingerprint density at radius 2 is 1.29 bits per heavy atom. The molecule has 1 rings (SSSR count). The number of alkyl halides is 8. The SMILES string of the molecule is O=C1OC(=O)C(F)(C(F)(F)F)C(F)(F)C1(F)F. The number of halogens is 8. The molecule has 11 heteroatoms. The van der Waals surface area contributed by atoms with Gasteiger partial charge in [-0.2, -0.15) is 30.7 Å². The summed E-state index contributed by atoms with van der Waals surface area (Å²) in [6, 6.07) is 0. The Labute approximate surface area is 86.3 Å². The largest absolute Gasteiger partial charge is 0.440 e. The average Bonchev–Trinajstić information content (AvgIpc) is 2.11. The molecule has 1 aliphatic heterocycles. The van der Waals surface area contributed by atoms with E-state index in [0.29, 0.717) is 0 Å². The van der Waals surface area contributed by atoms with Gasteiger partial charge >= 0.3 is 35.6 Å². The Kier molecular flexibility index (Phi) is 2.47. The van der Waals surface area contributed by atoms with Crippen LogP contribution in [0.5, 0.6) is 0 Å². The van der Waals surface area contributed by atoms with Gasteiger partial charge in [0.1, 0.15) is 0 Å². The van der Waals surface area contributed by atoms with Gasteiger partial charge in [-0.1, -0.05) is 0 Å². The van der Waals surface area contributed by atoms with Gasteiger partial charge in [0.25, 0.3) is 0 Å². The van der Waals surface area contributed by atoms with E-state index in [0.717, 1.165) is 0 Å². The summed E-state index contributed by atoms with van der Waals surface area (Å²) < 4.78 is 102. The molecule has 1 aliphatic rings. The molecule has 3 nitrogen and oxygen atoms in total. The van der Waals surface area contributed by atoms with Crippen LogP contribution in [0.15, 0.2) is 0 Å². The standard InChI is InChI=1S/C6F8O3/c7-3(6(12,13)14)1(15)17-2(16)4(8,9)5(3,10)11. The molecule has 0 bridgehead atoms. The minimum atomic E-state index is -6.67. The Morgan fingerprint density at radius 3 is 1.65 bits per heavy atom. The number of rotatable bonds is 0. The number of hydrogen-bond acceptors (Lipinski definition) is 3. The quantitative estimate of drug-likeness (QED) is 0.382. The van der Waals surface area contributed by atoms with Gasteiger partial charge in [-0.3, -0.25) is 0 Å². The Bertz CT molecular complexity index is 385. The lowest BCUT2D eigenvalue weighted by Crippen LogP contribution is -2.73. The molecule has 0 spiro atoms. The molecule has 0 radical (unpaired) electrons. The minimum Gasteiger partial charge on any atom is -0.386 e.